The highest BCUT2D eigenvalue weighted by molar-refractivity contribution is 6.37. The molecule has 1 atom stereocenters. The number of nitrogens with zero attached hydrogens (tertiary/aromatic N) is 3. The van der Waals surface area contributed by atoms with Gasteiger partial charge in [0.2, 0.25) is 0 Å². The molecule has 2 aromatic rings. The summed E-state index contributed by atoms with van der Waals surface area (Å²) in [6.07, 6.45) is 1.96. The summed E-state index contributed by atoms with van der Waals surface area (Å²) >= 11 is 0. The van der Waals surface area contributed by atoms with E-state index in [1.165, 1.54) is 22.0 Å². The van der Waals surface area contributed by atoms with E-state index in [4.69, 9.17) is 5.73 Å². The van der Waals surface area contributed by atoms with E-state index in [2.05, 4.69) is 43.2 Å². The topological polar surface area (TPSA) is 47.1 Å². The van der Waals surface area contributed by atoms with E-state index in [-0.39, 0.29) is 0 Å². The van der Waals surface area contributed by atoms with Crippen LogP contribution >= 0.6 is 0 Å². The number of likely N-dealkylation sites (N-methyl/N-ethyl adjacent to an activating group) is 1. The van der Waals surface area contributed by atoms with E-state index in [0.717, 1.165) is 22.1 Å². The van der Waals surface area contributed by atoms with Crippen LogP contribution in [0.25, 0.3) is 10.9 Å². The molecule has 0 saturated heterocycles. The van der Waals surface area contributed by atoms with E-state index in [1.807, 2.05) is 17.9 Å². The third kappa shape index (κ3) is 2.88. The van der Waals surface area contributed by atoms with Crippen LogP contribution in [0, 0.1) is 6.92 Å². The molecule has 0 aliphatic heterocycles. The highest BCUT2D eigenvalue weighted by Crippen LogP contribution is 2.21. The molecule has 0 amide bonds. The highest BCUT2D eigenvalue weighted by Gasteiger charge is 2.12. The summed E-state index contributed by atoms with van der Waals surface area (Å²) < 4.78 is 1.93. The number of aromatic nitrogens is 2. The molecule has 4 nitrogen and oxygen atoms in total. The maximum atomic E-state index is 5.82. The molecule has 5 heteroatoms. The maximum Gasteiger partial charge on any atom is 0.0681 e. The molecule has 0 unspecified atom stereocenters. The fourth-order valence-corrected chi connectivity index (χ4v) is 3.68. The fourth-order valence-electron chi connectivity index (χ4n) is 2.31. The van der Waals surface area contributed by atoms with Gasteiger partial charge in [-0.05, 0) is 44.3 Å². The third-order valence-corrected chi connectivity index (χ3v) is 5.50. The lowest BCUT2D eigenvalue weighted by Crippen LogP contribution is -2.40. The van der Waals surface area contributed by atoms with Gasteiger partial charge in [0.25, 0.3) is 0 Å². The quantitative estimate of drug-likeness (QED) is 0.825. The van der Waals surface area contributed by atoms with Crippen molar-refractivity contribution in [3.05, 3.63) is 29.5 Å². The molecule has 2 N–H and O–H groups in total. The molecule has 19 heavy (non-hydrogen) atoms. The molecule has 2 radical (unpaired) electrons. The molecule has 0 bridgehead atoms. The zero-order valence-corrected chi connectivity index (χ0v) is 13.1. The van der Waals surface area contributed by atoms with Gasteiger partial charge < -0.3 is 10.6 Å². The predicted molar refractivity (Wildman–Crippen MR) is 81.4 cm³/mol. The maximum absolute atomic E-state index is 5.82. The first kappa shape index (κ1) is 14.2. The zero-order valence-electron chi connectivity index (χ0n) is 12.1. The number of hydrogen-bond acceptors (Lipinski definition) is 3. The van der Waals surface area contributed by atoms with Gasteiger partial charge in [0.1, 0.15) is 0 Å². The minimum atomic E-state index is 0.476. The lowest BCUT2D eigenvalue weighted by atomic mass is 10.1. The molecule has 1 aromatic carbocycles. The SMILES string of the molecule is Cc1c(C[Si][C@@H](CN)N(C)C)ccc2c1cnn2C. The number of nitrogens with two attached hydrogens (primary N) is 1. The summed E-state index contributed by atoms with van der Waals surface area (Å²) in [5.41, 5.74) is 10.3. The van der Waals surface area contributed by atoms with Crippen molar-refractivity contribution in [2.45, 2.75) is 18.6 Å². The molecule has 0 saturated carbocycles. The molecule has 0 aliphatic rings. The van der Waals surface area contributed by atoms with Gasteiger partial charge in [0.05, 0.1) is 21.2 Å². The number of rotatable bonds is 5. The van der Waals surface area contributed by atoms with Crippen molar-refractivity contribution in [2.24, 2.45) is 12.8 Å². The Hall–Kier alpha value is -1.17. The molecule has 0 fully saturated rings. The summed E-state index contributed by atoms with van der Waals surface area (Å²) in [7, 11) is 7.01. The monoisotopic (exact) mass is 274 g/mol. The Kier molecular flexibility index (Phi) is 4.39. The predicted octanol–water partition coefficient (Wildman–Crippen LogP) is 0.932. The first-order valence-electron chi connectivity index (χ1n) is 6.54. The Morgan fingerprint density at radius 1 is 1.42 bits per heavy atom. The standard InChI is InChI=1S/C14H22N4Si/c1-10-11(9-19-14(7-15)17(2)3)5-6-13-12(10)8-16-18(13)4/h5-6,8,14H,7,9,15H2,1-4H3/t14-/m0/s1. The Morgan fingerprint density at radius 3 is 2.79 bits per heavy atom. The Morgan fingerprint density at radius 2 is 2.16 bits per heavy atom. The molecular weight excluding hydrogens is 252 g/mol. The van der Waals surface area contributed by atoms with Crippen molar-refractivity contribution in [1.82, 2.24) is 14.7 Å². The average Bonchev–Trinajstić information content (AvgIpc) is 2.75. The van der Waals surface area contributed by atoms with Crippen LogP contribution in [-0.4, -0.2) is 50.5 Å². The van der Waals surface area contributed by atoms with Crippen molar-refractivity contribution >= 4 is 20.4 Å². The Bertz CT molecular complexity index is 562. The first-order valence-corrected chi connectivity index (χ1v) is 7.83. The number of fused-ring (bicyclic) bond motifs is 1. The van der Waals surface area contributed by atoms with Gasteiger partial charge in [-0.1, -0.05) is 6.07 Å². The highest BCUT2D eigenvalue weighted by atomic mass is 28.2. The van der Waals surface area contributed by atoms with Crippen LogP contribution in [-0.2, 0) is 13.1 Å². The Balaban J connectivity index is 2.19. The van der Waals surface area contributed by atoms with Gasteiger partial charge in [-0.15, -0.1) is 0 Å². The first-order chi connectivity index (χ1) is 9.04. The Labute approximate surface area is 117 Å². The van der Waals surface area contributed by atoms with Crippen LogP contribution < -0.4 is 5.73 Å². The van der Waals surface area contributed by atoms with Gasteiger partial charge >= 0.3 is 0 Å². The van der Waals surface area contributed by atoms with Gasteiger partial charge in [0, 0.05) is 24.6 Å². The average molecular weight is 274 g/mol. The van der Waals surface area contributed by atoms with Crippen LogP contribution in [0.3, 0.4) is 0 Å². The number of benzene rings is 1. The van der Waals surface area contributed by atoms with E-state index in [1.54, 1.807) is 0 Å². The minimum absolute atomic E-state index is 0.476. The normalized spacial score (nSPS) is 13.4. The smallest absolute Gasteiger partial charge is 0.0681 e. The number of aryl methyl sites for hydroxylation is 2. The van der Waals surface area contributed by atoms with Crippen molar-refractivity contribution in [2.75, 3.05) is 20.6 Å². The van der Waals surface area contributed by atoms with Gasteiger partial charge in [-0.2, -0.15) is 5.10 Å². The summed E-state index contributed by atoms with van der Waals surface area (Å²) in [6.45, 7) is 2.91. The summed E-state index contributed by atoms with van der Waals surface area (Å²) in [5.74, 6) is 0. The van der Waals surface area contributed by atoms with Gasteiger partial charge in [-0.25, -0.2) is 0 Å². The second-order valence-corrected chi connectivity index (χ2v) is 6.57. The summed E-state index contributed by atoms with van der Waals surface area (Å²) in [5, 5.41) is 5.59. The van der Waals surface area contributed by atoms with E-state index >= 15 is 0 Å². The molecule has 2 rings (SSSR count). The minimum Gasteiger partial charge on any atom is -0.329 e. The molecule has 0 aliphatic carbocycles. The number of hydrogen-bond donors (Lipinski definition) is 1. The summed E-state index contributed by atoms with van der Waals surface area (Å²) in [4.78, 5) is 2.22. The van der Waals surface area contributed by atoms with Crippen molar-refractivity contribution in [3.8, 4) is 0 Å². The van der Waals surface area contributed by atoms with Gasteiger partial charge in [-0.3, -0.25) is 4.68 Å². The second-order valence-electron chi connectivity index (χ2n) is 5.15. The van der Waals surface area contributed by atoms with E-state index < -0.39 is 0 Å². The van der Waals surface area contributed by atoms with Crippen molar-refractivity contribution < 1.29 is 0 Å². The van der Waals surface area contributed by atoms with Gasteiger partial charge in [0.15, 0.2) is 0 Å². The van der Waals surface area contributed by atoms with Crippen LogP contribution in [0.2, 0.25) is 0 Å². The third-order valence-electron chi connectivity index (χ3n) is 3.69. The lowest BCUT2D eigenvalue weighted by molar-refractivity contribution is 0.376. The molecule has 1 aromatic heterocycles. The van der Waals surface area contributed by atoms with Crippen LogP contribution in [0.15, 0.2) is 18.3 Å². The van der Waals surface area contributed by atoms with Crippen LogP contribution in [0.1, 0.15) is 11.1 Å². The summed E-state index contributed by atoms with van der Waals surface area (Å²) in [6, 6.07) is 5.49. The van der Waals surface area contributed by atoms with Crippen LogP contribution in [0.5, 0.6) is 0 Å². The molecular formula is C14H22N4Si. The molecule has 0 spiro atoms. The zero-order chi connectivity index (χ0) is 14.0. The van der Waals surface area contributed by atoms with E-state index in [0.29, 0.717) is 5.67 Å². The van der Waals surface area contributed by atoms with Crippen LogP contribution in [0.4, 0.5) is 0 Å². The lowest BCUT2D eigenvalue weighted by Gasteiger charge is -2.22. The fraction of sp³-hybridized carbons (Fsp3) is 0.500. The largest absolute Gasteiger partial charge is 0.329 e. The second kappa shape index (κ2) is 5.86. The van der Waals surface area contributed by atoms with Crippen molar-refractivity contribution in [3.63, 3.8) is 0 Å². The molecule has 1 heterocycles. The molecule has 102 valence electrons. The van der Waals surface area contributed by atoms with E-state index in [9.17, 15) is 0 Å². The van der Waals surface area contributed by atoms with Crippen molar-refractivity contribution in [1.29, 1.82) is 0 Å².